The van der Waals surface area contributed by atoms with Crippen molar-refractivity contribution in [1.82, 2.24) is 10.3 Å². The largest absolute Gasteiger partial charge is 0.449 e. The number of aryl methyl sites for hydroxylation is 1. The van der Waals surface area contributed by atoms with Crippen LogP contribution >= 0.6 is 23.4 Å². The number of nitrogens with one attached hydrogen (secondary N) is 1. The van der Waals surface area contributed by atoms with Gasteiger partial charge in [-0.25, -0.2) is 9.78 Å². The molecule has 1 aliphatic carbocycles. The van der Waals surface area contributed by atoms with Crippen LogP contribution in [0.4, 0.5) is 4.79 Å². The Hall–Kier alpha value is -3.61. The van der Waals surface area contributed by atoms with Gasteiger partial charge in [0.05, 0.1) is 0 Å². The van der Waals surface area contributed by atoms with Crippen LogP contribution in [0.3, 0.4) is 0 Å². The van der Waals surface area contributed by atoms with Crippen LogP contribution in [0.5, 0.6) is 0 Å². The molecule has 0 saturated carbocycles. The van der Waals surface area contributed by atoms with Gasteiger partial charge in [-0.15, -0.1) is 0 Å². The summed E-state index contributed by atoms with van der Waals surface area (Å²) in [7, 11) is 0. The van der Waals surface area contributed by atoms with Crippen LogP contribution in [0, 0.1) is 6.92 Å². The monoisotopic (exact) mass is 514 g/mol. The quantitative estimate of drug-likeness (QED) is 0.268. The molecule has 0 atom stereocenters. The summed E-state index contributed by atoms with van der Waals surface area (Å²) in [6.07, 6.45) is 1.91. The van der Waals surface area contributed by atoms with E-state index < -0.39 is 6.09 Å². The molecule has 7 heteroatoms. The zero-order valence-electron chi connectivity index (χ0n) is 19.5. The second-order valence-corrected chi connectivity index (χ2v) is 9.88. The lowest BCUT2D eigenvalue weighted by Gasteiger charge is -2.17. The lowest BCUT2D eigenvalue weighted by atomic mass is 9.98. The van der Waals surface area contributed by atoms with Crippen molar-refractivity contribution in [1.29, 1.82) is 0 Å². The second kappa shape index (κ2) is 10.6. The van der Waals surface area contributed by atoms with E-state index in [9.17, 15) is 9.59 Å². The van der Waals surface area contributed by atoms with Crippen molar-refractivity contribution < 1.29 is 14.3 Å². The fraction of sp³-hybridized carbons (Fsp3) is 0.138. The number of rotatable bonds is 7. The summed E-state index contributed by atoms with van der Waals surface area (Å²) in [5, 5.41) is 3.95. The maximum atomic E-state index is 12.7. The van der Waals surface area contributed by atoms with Crippen molar-refractivity contribution >= 4 is 35.7 Å². The number of alkyl carbamates (subject to hydrolysis) is 1. The van der Waals surface area contributed by atoms with Gasteiger partial charge in [-0.05, 0) is 52.9 Å². The van der Waals surface area contributed by atoms with Crippen molar-refractivity contribution in [2.24, 2.45) is 0 Å². The molecule has 180 valence electrons. The maximum absolute atomic E-state index is 12.7. The van der Waals surface area contributed by atoms with Crippen molar-refractivity contribution in [2.45, 2.75) is 29.3 Å². The first-order chi connectivity index (χ1) is 17.6. The fourth-order valence-corrected chi connectivity index (χ4v) is 5.87. The number of nitrogens with zero attached hydrogens (tertiary/aromatic N) is 1. The number of halogens is 1. The third-order valence-electron chi connectivity index (χ3n) is 6.28. The molecule has 0 fully saturated rings. The number of carbonyl (C=O) groups excluding carboxylic acids is 2. The lowest BCUT2D eigenvalue weighted by molar-refractivity contribution is 0.112. The van der Waals surface area contributed by atoms with Crippen molar-refractivity contribution in [3.63, 3.8) is 0 Å². The first-order valence-electron chi connectivity index (χ1n) is 11.5. The van der Waals surface area contributed by atoms with E-state index in [4.69, 9.17) is 16.3 Å². The zero-order valence-corrected chi connectivity index (χ0v) is 21.1. The molecule has 0 bridgehead atoms. The number of hydrogen-bond donors (Lipinski definition) is 1. The Labute approximate surface area is 218 Å². The van der Waals surface area contributed by atoms with Crippen molar-refractivity contribution in [2.75, 3.05) is 6.61 Å². The summed E-state index contributed by atoms with van der Waals surface area (Å²) in [6, 6.07) is 23.6. The Balaban J connectivity index is 1.29. The highest BCUT2D eigenvalue weighted by Crippen LogP contribution is 2.44. The smallest absolute Gasteiger partial charge is 0.407 e. The molecular weight excluding hydrogens is 492 g/mol. The van der Waals surface area contributed by atoms with Crippen molar-refractivity contribution in [3.8, 4) is 11.1 Å². The number of hydrogen-bond acceptors (Lipinski definition) is 5. The molecule has 1 aliphatic rings. The predicted molar refractivity (Wildman–Crippen MR) is 142 cm³/mol. The van der Waals surface area contributed by atoms with E-state index in [1.54, 1.807) is 24.4 Å². The Morgan fingerprint density at radius 2 is 1.72 bits per heavy atom. The van der Waals surface area contributed by atoms with Crippen LogP contribution in [0.15, 0.2) is 88.9 Å². The van der Waals surface area contributed by atoms with E-state index in [0.717, 1.165) is 33.4 Å². The van der Waals surface area contributed by atoms with E-state index in [0.29, 0.717) is 15.6 Å². The van der Waals surface area contributed by atoms with Gasteiger partial charge >= 0.3 is 6.09 Å². The topological polar surface area (TPSA) is 68.3 Å². The van der Waals surface area contributed by atoms with Gasteiger partial charge < -0.3 is 10.1 Å². The van der Waals surface area contributed by atoms with E-state index in [1.165, 1.54) is 22.9 Å². The lowest BCUT2D eigenvalue weighted by Crippen LogP contribution is -2.26. The average molecular weight is 515 g/mol. The predicted octanol–water partition coefficient (Wildman–Crippen LogP) is 7.05. The number of fused-ring (bicyclic) bond motifs is 3. The molecule has 1 N–H and O–H groups in total. The van der Waals surface area contributed by atoms with Gasteiger partial charge in [-0.1, -0.05) is 78.0 Å². The Morgan fingerprint density at radius 3 is 2.42 bits per heavy atom. The summed E-state index contributed by atoms with van der Waals surface area (Å²) in [5.41, 5.74) is 6.90. The summed E-state index contributed by atoms with van der Waals surface area (Å²) < 4.78 is 5.67. The highest BCUT2D eigenvalue weighted by atomic mass is 35.5. The van der Waals surface area contributed by atoms with Crippen LogP contribution in [0.25, 0.3) is 11.1 Å². The van der Waals surface area contributed by atoms with Gasteiger partial charge in [0.1, 0.15) is 11.6 Å². The van der Waals surface area contributed by atoms with Gasteiger partial charge in [0, 0.05) is 39.7 Å². The zero-order chi connectivity index (χ0) is 25.1. The highest BCUT2D eigenvalue weighted by Gasteiger charge is 2.29. The number of aldehydes is 1. The average Bonchev–Trinajstić information content (AvgIpc) is 3.23. The van der Waals surface area contributed by atoms with Crippen LogP contribution < -0.4 is 5.32 Å². The minimum absolute atomic E-state index is 0.0114. The molecular formula is C29H23ClN2O3S. The molecule has 1 aromatic heterocycles. The third kappa shape index (κ3) is 4.74. The molecule has 0 spiro atoms. The standard InChI is InChI=1S/C29H23ClN2O3S/c1-18-12-13-26(30)24(27(18)36-28-19(16-33)7-6-14-31-28)15-32-29(34)35-17-25-22-10-4-2-8-20(22)21-9-3-5-11-23(21)25/h2-14,16,25H,15,17H2,1H3,(H,32,34). The number of pyridine rings is 1. The van der Waals surface area contributed by atoms with Crippen LogP contribution in [-0.4, -0.2) is 24.0 Å². The fourth-order valence-electron chi connectivity index (χ4n) is 4.51. The Morgan fingerprint density at radius 1 is 1.03 bits per heavy atom. The molecule has 1 amide bonds. The van der Waals surface area contributed by atoms with Gasteiger partial charge in [-0.3, -0.25) is 4.79 Å². The Kier molecular flexibility index (Phi) is 7.07. The molecule has 36 heavy (non-hydrogen) atoms. The molecule has 0 aliphatic heterocycles. The van der Waals surface area contributed by atoms with Crippen LogP contribution in [0.1, 0.15) is 38.5 Å². The van der Waals surface area contributed by atoms with E-state index >= 15 is 0 Å². The molecule has 0 unspecified atom stereocenters. The van der Waals surface area contributed by atoms with Crippen LogP contribution in [-0.2, 0) is 11.3 Å². The summed E-state index contributed by atoms with van der Waals surface area (Å²) in [5.74, 6) is -0.0114. The molecule has 5 rings (SSSR count). The molecule has 1 heterocycles. The van der Waals surface area contributed by atoms with Gasteiger partial charge in [0.2, 0.25) is 0 Å². The normalized spacial score (nSPS) is 12.1. The number of ether oxygens (including phenoxy) is 1. The summed E-state index contributed by atoms with van der Waals surface area (Å²) >= 11 is 7.88. The Bertz CT molecular complexity index is 1410. The molecule has 0 saturated heterocycles. The maximum Gasteiger partial charge on any atom is 0.407 e. The third-order valence-corrected chi connectivity index (χ3v) is 7.94. The highest BCUT2D eigenvalue weighted by molar-refractivity contribution is 7.99. The van der Waals surface area contributed by atoms with Crippen LogP contribution in [0.2, 0.25) is 5.02 Å². The molecule has 5 nitrogen and oxygen atoms in total. The summed E-state index contributed by atoms with van der Waals surface area (Å²) in [4.78, 5) is 29.4. The van der Waals surface area contributed by atoms with Gasteiger partial charge in [0.15, 0.2) is 6.29 Å². The molecule has 4 aromatic rings. The second-order valence-electron chi connectivity index (χ2n) is 8.47. The van der Waals surface area contributed by atoms with Gasteiger partial charge in [0.25, 0.3) is 0 Å². The number of aromatic nitrogens is 1. The molecule has 3 aromatic carbocycles. The van der Waals surface area contributed by atoms with E-state index in [1.807, 2.05) is 37.3 Å². The minimum Gasteiger partial charge on any atom is -0.449 e. The first-order valence-corrected chi connectivity index (χ1v) is 12.7. The number of benzene rings is 3. The minimum atomic E-state index is -0.517. The van der Waals surface area contributed by atoms with Gasteiger partial charge in [-0.2, -0.15) is 0 Å². The SMILES string of the molecule is Cc1ccc(Cl)c(CNC(=O)OCC2c3ccccc3-c3ccccc32)c1Sc1ncccc1C=O. The number of amides is 1. The van der Waals surface area contributed by atoms with Crippen molar-refractivity contribution in [3.05, 3.63) is 112 Å². The first kappa shape index (κ1) is 24.1. The summed E-state index contributed by atoms with van der Waals surface area (Å²) in [6.45, 7) is 2.38. The number of carbonyl (C=O) groups is 2. The van der Waals surface area contributed by atoms with E-state index in [-0.39, 0.29) is 19.1 Å². The van der Waals surface area contributed by atoms with E-state index in [2.05, 4.69) is 34.6 Å². The molecule has 0 radical (unpaired) electrons.